The summed E-state index contributed by atoms with van der Waals surface area (Å²) in [6.07, 6.45) is 0.689. The third-order valence-electron chi connectivity index (χ3n) is 5.69. The van der Waals surface area contributed by atoms with Crippen LogP contribution in [-0.4, -0.2) is 68.0 Å². The average Bonchev–Trinajstić information content (AvgIpc) is 2.80. The minimum absolute atomic E-state index is 0.0102. The van der Waals surface area contributed by atoms with Gasteiger partial charge in [0.2, 0.25) is 5.75 Å². The molecule has 2 atom stereocenters. The number of benzene rings is 2. The van der Waals surface area contributed by atoms with Crippen molar-refractivity contribution in [2.24, 2.45) is 0 Å². The molecule has 0 aromatic heterocycles. The minimum atomic E-state index is -0.250. The second kappa shape index (κ2) is 10.5. The van der Waals surface area contributed by atoms with E-state index in [9.17, 15) is 14.0 Å². The van der Waals surface area contributed by atoms with Crippen LogP contribution in [0.5, 0.6) is 17.2 Å². The van der Waals surface area contributed by atoms with E-state index >= 15 is 0 Å². The fraction of sp³-hybridized carbons (Fsp3) is 0.417. The van der Waals surface area contributed by atoms with Gasteiger partial charge in [-0.2, -0.15) is 0 Å². The quantitative estimate of drug-likeness (QED) is 0.583. The maximum absolute atomic E-state index is 13.2. The van der Waals surface area contributed by atoms with Crippen LogP contribution in [0.3, 0.4) is 0 Å². The topological polar surface area (TPSA) is 68.3 Å². The van der Waals surface area contributed by atoms with Crippen LogP contribution in [0.4, 0.5) is 4.39 Å². The van der Waals surface area contributed by atoms with Gasteiger partial charge in [-0.15, -0.1) is 0 Å². The monoisotopic (exact) mass is 444 g/mol. The van der Waals surface area contributed by atoms with Crippen molar-refractivity contribution in [2.45, 2.75) is 32.5 Å². The number of ether oxygens (including phenoxy) is 3. The number of halogens is 1. The molecule has 1 aliphatic rings. The number of aldehydes is 1. The van der Waals surface area contributed by atoms with Crippen LogP contribution in [0.2, 0.25) is 0 Å². The first kappa shape index (κ1) is 23.5. The van der Waals surface area contributed by atoms with Gasteiger partial charge in [0.05, 0.1) is 14.2 Å². The Kier molecular flexibility index (Phi) is 7.69. The molecule has 0 N–H and O–H groups in total. The lowest BCUT2D eigenvalue weighted by Gasteiger charge is -2.44. The largest absolute Gasteiger partial charge is 0.493 e. The lowest BCUT2D eigenvalue weighted by Crippen LogP contribution is -2.58. The molecule has 0 spiro atoms. The van der Waals surface area contributed by atoms with Gasteiger partial charge < -0.3 is 19.1 Å². The van der Waals surface area contributed by atoms with Crippen molar-refractivity contribution in [3.63, 3.8) is 0 Å². The summed E-state index contributed by atoms with van der Waals surface area (Å²) in [5.74, 6) is 0.535. The van der Waals surface area contributed by atoms with Crippen LogP contribution < -0.4 is 14.2 Å². The Hall–Kier alpha value is -3.13. The van der Waals surface area contributed by atoms with E-state index < -0.39 is 0 Å². The van der Waals surface area contributed by atoms with Crippen LogP contribution >= 0.6 is 0 Å². The summed E-state index contributed by atoms with van der Waals surface area (Å²) in [6.45, 7) is 5.85. The van der Waals surface area contributed by atoms with Crippen LogP contribution in [0.15, 0.2) is 36.4 Å². The van der Waals surface area contributed by atoms with Crippen LogP contribution in [0.1, 0.15) is 29.8 Å². The summed E-state index contributed by atoms with van der Waals surface area (Å²) >= 11 is 0. The second-order valence-corrected chi connectivity index (χ2v) is 7.96. The molecular weight excluding hydrogens is 415 g/mol. The molecule has 3 rings (SSSR count). The van der Waals surface area contributed by atoms with E-state index in [-0.39, 0.29) is 36.2 Å². The zero-order chi connectivity index (χ0) is 23.3. The maximum Gasteiger partial charge on any atom is 0.260 e. The van der Waals surface area contributed by atoms with Crippen LogP contribution in [0, 0.1) is 5.82 Å². The van der Waals surface area contributed by atoms with Crippen molar-refractivity contribution in [1.29, 1.82) is 0 Å². The number of methoxy groups -OCH3 is 2. The fourth-order valence-electron chi connectivity index (χ4n) is 3.92. The molecule has 1 saturated heterocycles. The first-order valence-corrected chi connectivity index (χ1v) is 10.5. The summed E-state index contributed by atoms with van der Waals surface area (Å²) in [4.78, 5) is 28.2. The Bertz CT molecular complexity index is 925. The van der Waals surface area contributed by atoms with Crippen molar-refractivity contribution in [2.75, 3.05) is 33.9 Å². The number of nitrogens with zero attached hydrogens (tertiary/aromatic N) is 2. The summed E-state index contributed by atoms with van der Waals surface area (Å²) in [5.41, 5.74) is 1.42. The standard InChI is InChI=1S/C24H29FN2O5/c1-16-12-27(17(2)11-26(16)13-18-5-7-20(25)8-6-18)23(29)15-32-24-21(30-3)9-19(14-28)10-22(24)31-4/h5-10,14,16-17H,11-13,15H2,1-4H3/t16-,17+/m0/s1. The van der Waals surface area contributed by atoms with Crippen LogP contribution in [-0.2, 0) is 11.3 Å². The van der Waals surface area contributed by atoms with Gasteiger partial charge in [-0.1, -0.05) is 12.1 Å². The SMILES string of the molecule is COc1cc(C=O)cc(OC)c1OCC(=O)N1C[C@H](C)N(Cc2ccc(F)cc2)C[C@H]1C. The molecular formula is C24H29FN2O5. The van der Waals surface area contributed by atoms with E-state index in [2.05, 4.69) is 11.8 Å². The summed E-state index contributed by atoms with van der Waals surface area (Å²) in [7, 11) is 2.92. The van der Waals surface area contributed by atoms with Gasteiger partial charge in [0.15, 0.2) is 18.1 Å². The molecule has 0 radical (unpaired) electrons. The zero-order valence-electron chi connectivity index (χ0n) is 18.8. The number of carbonyl (C=O) groups is 2. The van der Waals surface area contributed by atoms with E-state index in [4.69, 9.17) is 14.2 Å². The Morgan fingerprint density at radius 3 is 2.25 bits per heavy atom. The minimum Gasteiger partial charge on any atom is -0.493 e. The molecule has 0 bridgehead atoms. The zero-order valence-corrected chi connectivity index (χ0v) is 18.8. The Morgan fingerprint density at radius 2 is 1.69 bits per heavy atom. The maximum atomic E-state index is 13.2. The van der Waals surface area contributed by atoms with Crippen molar-refractivity contribution in [1.82, 2.24) is 9.80 Å². The number of hydrogen-bond donors (Lipinski definition) is 0. The molecule has 0 unspecified atom stereocenters. The van der Waals surface area contributed by atoms with Crippen LogP contribution in [0.25, 0.3) is 0 Å². The molecule has 1 aliphatic heterocycles. The van der Waals surface area contributed by atoms with Crippen molar-refractivity contribution >= 4 is 12.2 Å². The van der Waals surface area contributed by atoms with E-state index in [1.54, 1.807) is 12.1 Å². The normalized spacial score (nSPS) is 18.8. The third-order valence-corrected chi connectivity index (χ3v) is 5.69. The highest BCUT2D eigenvalue weighted by Gasteiger charge is 2.32. The van der Waals surface area contributed by atoms with E-state index in [0.717, 1.165) is 5.56 Å². The van der Waals surface area contributed by atoms with Gasteiger partial charge in [-0.3, -0.25) is 14.5 Å². The summed E-state index contributed by atoms with van der Waals surface area (Å²) < 4.78 is 29.6. The first-order chi connectivity index (χ1) is 15.4. The number of rotatable bonds is 8. The molecule has 8 heteroatoms. The van der Waals surface area contributed by atoms with E-state index in [0.29, 0.717) is 43.0 Å². The Labute approximate surface area is 187 Å². The highest BCUT2D eigenvalue weighted by molar-refractivity contribution is 5.80. The van der Waals surface area contributed by atoms with Gasteiger partial charge in [0, 0.05) is 37.3 Å². The van der Waals surface area contributed by atoms with Gasteiger partial charge in [-0.05, 0) is 43.7 Å². The van der Waals surface area contributed by atoms with Gasteiger partial charge in [-0.25, -0.2) is 4.39 Å². The van der Waals surface area contributed by atoms with Crippen molar-refractivity contribution in [3.05, 3.63) is 53.3 Å². The second-order valence-electron chi connectivity index (χ2n) is 7.96. The molecule has 0 aliphatic carbocycles. The average molecular weight is 445 g/mol. The van der Waals surface area contributed by atoms with Gasteiger partial charge >= 0.3 is 0 Å². The number of amides is 1. The highest BCUT2D eigenvalue weighted by atomic mass is 19.1. The molecule has 1 heterocycles. The van der Waals surface area contributed by atoms with Gasteiger partial charge in [0.25, 0.3) is 5.91 Å². The predicted molar refractivity (Wildman–Crippen MR) is 118 cm³/mol. The van der Waals surface area contributed by atoms with E-state index in [1.807, 2.05) is 11.8 Å². The molecule has 32 heavy (non-hydrogen) atoms. The lowest BCUT2D eigenvalue weighted by molar-refractivity contribution is -0.139. The molecule has 2 aromatic rings. The third kappa shape index (κ3) is 5.37. The summed E-state index contributed by atoms with van der Waals surface area (Å²) in [5, 5.41) is 0. The lowest BCUT2D eigenvalue weighted by atomic mass is 10.1. The molecule has 1 fully saturated rings. The Morgan fingerprint density at radius 1 is 1.06 bits per heavy atom. The number of hydrogen-bond acceptors (Lipinski definition) is 6. The first-order valence-electron chi connectivity index (χ1n) is 10.5. The highest BCUT2D eigenvalue weighted by Crippen LogP contribution is 2.38. The molecule has 172 valence electrons. The van der Waals surface area contributed by atoms with Gasteiger partial charge in [0.1, 0.15) is 12.1 Å². The molecule has 2 aromatic carbocycles. The van der Waals surface area contributed by atoms with Crippen molar-refractivity contribution in [3.8, 4) is 17.2 Å². The molecule has 1 amide bonds. The predicted octanol–water partition coefficient (Wildman–Crippen LogP) is 3.16. The molecule has 7 nitrogen and oxygen atoms in total. The smallest absolute Gasteiger partial charge is 0.260 e. The van der Waals surface area contributed by atoms with E-state index in [1.165, 1.54) is 38.5 Å². The van der Waals surface area contributed by atoms with Crippen molar-refractivity contribution < 1.29 is 28.2 Å². The number of carbonyl (C=O) groups excluding carboxylic acids is 2. The number of piperazine rings is 1. The Balaban J connectivity index is 1.64. The summed E-state index contributed by atoms with van der Waals surface area (Å²) in [6, 6.07) is 9.70. The molecule has 0 saturated carbocycles. The fourth-order valence-corrected chi connectivity index (χ4v) is 3.92.